The van der Waals surface area contributed by atoms with Crippen LogP contribution in [0.3, 0.4) is 0 Å². The van der Waals surface area contributed by atoms with Crippen LogP contribution in [-0.2, 0) is 44.9 Å². The molecule has 55 heavy (non-hydrogen) atoms. The number of hydrogen-bond donors (Lipinski definition) is 9. The van der Waals surface area contributed by atoms with E-state index in [0.29, 0.717) is 45.3 Å². The lowest BCUT2D eigenvalue weighted by atomic mass is 10.1. The molecule has 0 fully saturated rings. The molecule has 0 radical (unpaired) electrons. The second kappa shape index (κ2) is 30.6. The number of unbranched alkanes of at least 4 members (excludes halogenated alkanes) is 2. The Morgan fingerprint density at radius 1 is 0.764 bits per heavy atom. The molecule has 0 bridgehead atoms. The number of hydrogen-bond acceptors (Lipinski definition) is 11. The summed E-state index contributed by atoms with van der Waals surface area (Å²) in [6.45, 7) is 1.23. The summed E-state index contributed by atoms with van der Waals surface area (Å²) >= 11 is 3.39. The van der Waals surface area contributed by atoms with Gasteiger partial charge in [0.05, 0.1) is 6.54 Å². The number of primary amides is 1. The Morgan fingerprint density at radius 2 is 1.36 bits per heavy atom. The molecule has 0 saturated carbocycles. The van der Waals surface area contributed by atoms with Crippen molar-refractivity contribution >= 4 is 64.0 Å². The quantitative estimate of drug-likeness (QED) is 0.0404. The van der Waals surface area contributed by atoms with E-state index in [2.05, 4.69) is 37.6 Å². The zero-order chi connectivity index (χ0) is 41.1. The average Bonchev–Trinajstić information content (AvgIpc) is 3.09. The van der Waals surface area contributed by atoms with Gasteiger partial charge in [-0.15, -0.1) is 0 Å². The van der Waals surface area contributed by atoms with Crippen LogP contribution in [0.4, 0.5) is 0 Å². The van der Waals surface area contributed by atoms with Crippen molar-refractivity contribution in [3.05, 3.63) is 34.3 Å². The van der Waals surface area contributed by atoms with Crippen molar-refractivity contribution in [2.75, 3.05) is 39.8 Å². The first kappa shape index (κ1) is 52.4. The number of halogens is 1. The molecule has 312 valence electrons. The number of nitrogens with two attached hydrogens (primary N) is 1. The van der Waals surface area contributed by atoms with Crippen LogP contribution in [0.5, 0.6) is 0 Å². The largest absolute Gasteiger partial charge is 0.481 e. The average molecular weight is 850 g/mol. The molecule has 0 aromatic heterocycles. The van der Waals surface area contributed by atoms with Crippen LogP contribution >= 0.6 is 15.9 Å². The van der Waals surface area contributed by atoms with Gasteiger partial charge in [0.25, 0.3) is 0 Å². The molecule has 1 rings (SSSR count). The SMILES string of the molecule is C.CN(CCNCC(=O)O)C(CCC(=O)NCCCCC(=O)N(CCCCC(NC(CCC(=O)O)C(=O)O)C(=O)O)Cc1ccc(Br)cc1)C(=O)O.NC=O. The number of carboxylic acids is 5. The maximum Gasteiger partial charge on any atom is 0.320 e. The Kier molecular flexibility index (Phi) is 29.2. The first-order chi connectivity index (χ1) is 25.5. The molecule has 10 N–H and O–H groups in total. The summed E-state index contributed by atoms with van der Waals surface area (Å²) < 4.78 is 0.872. The number of likely N-dealkylation sites (N-methyl/N-ethyl adjacent to an activating group) is 1. The van der Waals surface area contributed by atoms with Gasteiger partial charge in [0, 0.05) is 56.5 Å². The van der Waals surface area contributed by atoms with Gasteiger partial charge in [-0.1, -0.05) is 35.5 Å². The Labute approximate surface area is 329 Å². The number of carbonyl (C=O) groups excluding carboxylic acids is 3. The summed E-state index contributed by atoms with van der Waals surface area (Å²) in [6, 6.07) is 3.97. The summed E-state index contributed by atoms with van der Waals surface area (Å²) in [6.07, 6.45) is 1.60. The van der Waals surface area contributed by atoms with Crippen LogP contribution in [0, 0.1) is 0 Å². The first-order valence-corrected chi connectivity index (χ1v) is 18.0. The number of nitrogens with one attached hydrogen (secondary N) is 3. The number of amides is 3. The summed E-state index contributed by atoms with van der Waals surface area (Å²) in [5, 5.41) is 54.1. The highest BCUT2D eigenvalue weighted by Gasteiger charge is 2.27. The summed E-state index contributed by atoms with van der Waals surface area (Å²) in [5.74, 6) is -6.37. The van der Waals surface area contributed by atoms with Gasteiger partial charge in [-0.3, -0.25) is 48.6 Å². The lowest BCUT2D eigenvalue weighted by Gasteiger charge is -2.24. The predicted octanol–water partition coefficient (Wildman–Crippen LogP) is 1.17. The van der Waals surface area contributed by atoms with Gasteiger partial charge in [-0.25, -0.2) is 0 Å². The molecule has 1 aromatic rings. The molecule has 1 aromatic carbocycles. The van der Waals surface area contributed by atoms with Crippen molar-refractivity contribution in [3.8, 4) is 0 Å². The maximum absolute atomic E-state index is 13.2. The zero-order valence-corrected chi connectivity index (χ0v) is 31.9. The molecule has 3 amide bonds. The van der Waals surface area contributed by atoms with Gasteiger partial charge in [0.15, 0.2) is 0 Å². The highest BCUT2D eigenvalue weighted by Crippen LogP contribution is 2.15. The van der Waals surface area contributed by atoms with Gasteiger partial charge in [0.1, 0.15) is 18.1 Å². The first-order valence-electron chi connectivity index (χ1n) is 17.3. The lowest BCUT2D eigenvalue weighted by Crippen LogP contribution is -2.47. The van der Waals surface area contributed by atoms with Gasteiger partial charge >= 0.3 is 29.8 Å². The number of nitrogens with zero attached hydrogens (tertiary/aromatic N) is 2. The molecule has 20 heteroatoms. The molecule has 0 aliphatic heterocycles. The Balaban J connectivity index is 0. The van der Waals surface area contributed by atoms with Crippen LogP contribution in [-0.4, -0.2) is 141 Å². The molecular formula is C35H57BrN6O13. The standard InChI is InChI=1S/C33H50BrN5O12.CH3NO.CH4/c1-38(19-17-35-20-30(44)45)26(33(50)51)13-14-27(40)36-16-4-2-7-28(41)39(21-22-8-10-23(34)11-9-22)18-5-3-6-24(31(46)47)37-25(32(48)49)12-15-29(42)43;2-1-3;/h8-11,24-26,35,37H,2-7,12-21H2,1H3,(H,36,40)(H,42,43)(H,44,45)(H,46,47)(H,48,49)(H,50,51);1H,(H2,2,3);1H4. The molecule has 3 unspecified atom stereocenters. The number of benzene rings is 1. The van der Waals surface area contributed by atoms with E-state index in [0.717, 1.165) is 10.0 Å². The number of aliphatic carboxylic acids is 5. The number of carbonyl (C=O) groups is 8. The van der Waals surface area contributed by atoms with Crippen LogP contribution in [0.1, 0.15) is 77.2 Å². The van der Waals surface area contributed by atoms with E-state index in [9.17, 15) is 48.9 Å². The van der Waals surface area contributed by atoms with Crippen molar-refractivity contribution in [2.24, 2.45) is 5.73 Å². The predicted molar refractivity (Wildman–Crippen MR) is 204 cm³/mol. The second-order valence-electron chi connectivity index (χ2n) is 12.2. The van der Waals surface area contributed by atoms with Crippen molar-refractivity contribution in [1.29, 1.82) is 0 Å². The van der Waals surface area contributed by atoms with E-state index in [1.165, 1.54) is 4.90 Å². The van der Waals surface area contributed by atoms with E-state index in [1.807, 2.05) is 24.3 Å². The normalized spacial score (nSPS) is 12.1. The van der Waals surface area contributed by atoms with Gasteiger partial charge in [-0.2, -0.15) is 0 Å². The summed E-state index contributed by atoms with van der Waals surface area (Å²) in [5.41, 5.74) is 5.05. The third-order valence-electron chi connectivity index (χ3n) is 7.97. The molecule has 0 spiro atoms. The highest BCUT2D eigenvalue weighted by atomic mass is 79.9. The van der Waals surface area contributed by atoms with Gasteiger partial charge in [0.2, 0.25) is 18.2 Å². The minimum absolute atomic E-state index is 0. The van der Waals surface area contributed by atoms with E-state index in [4.69, 9.17) is 15.0 Å². The van der Waals surface area contributed by atoms with E-state index >= 15 is 0 Å². The van der Waals surface area contributed by atoms with Crippen molar-refractivity contribution in [1.82, 2.24) is 25.8 Å². The van der Waals surface area contributed by atoms with Crippen LogP contribution in [0.25, 0.3) is 0 Å². The molecule has 19 nitrogen and oxygen atoms in total. The molecule has 0 aliphatic carbocycles. The van der Waals surface area contributed by atoms with Crippen molar-refractivity contribution < 1.29 is 63.9 Å². The summed E-state index contributed by atoms with van der Waals surface area (Å²) in [7, 11) is 1.59. The highest BCUT2D eigenvalue weighted by molar-refractivity contribution is 9.10. The van der Waals surface area contributed by atoms with E-state index in [-0.39, 0.29) is 77.4 Å². The fourth-order valence-electron chi connectivity index (χ4n) is 5.10. The fourth-order valence-corrected chi connectivity index (χ4v) is 5.37. The van der Waals surface area contributed by atoms with Gasteiger partial charge in [-0.05, 0) is 69.7 Å². The molecule has 0 heterocycles. The topological polar surface area (TPSA) is 306 Å². The zero-order valence-electron chi connectivity index (χ0n) is 30.3. The Bertz CT molecular complexity index is 1350. The van der Waals surface area contributed by atoms with Crippen LogP contribution < -0.4 is 21.7 Å². The Morgan fingerprint density at radius 3 is 1.91 bits per heavy atom. The van der Waals surface area contributed by atoms with Crippen molar-refractivity contribution in [2.45, 2.75) is 96.3 Å². The fraction of sp³-hybridized carbons (Fsp3) is 0.600. The number of rotatable bonds is 29. The monoisotopic (exact) mass is 848 g/mol. The molecule has 0 aliphatic rings. The third-order valence-corrected chi connectivity index (χ3v) is 8.50. The maximum atomic E-state index is 13.2. The van der Waals surface area contributed by atoms with Crippen molar-refractivity contribution in [3.63, 3.8) is 0 Å². The van der Waals surface area contributed by atoms with Crippen LogP contribution in [0.2, 0.25) is 0 Å². The smallest absolute Gasteiger partial charge is 0.320 e. The Hall–Kier alpha value is -4.66. The molecular weight excluding hydrogens is 792 g/mol. The minimum Gasteiger partial charge on any atom is -0.481 e. The van der Waals surface area contributed by atoms with Crippen LogP contribution in [0.15, 0.2) is 28.7 Å². The molecule has 0 saturated heterocycles. The molecule has 3 atom stereocenters. The lowest BCUT2D eigenvalue weighted by molar-refractivity contribution is -0.145. The minimum atomic E-state index is -1.34. The van der Waals surface area contributed by atoms with E-state index < -0.39 is 54.4 Å². The number of carboxylic acid groups (broad SMARTS) is 5. The van der Waals surface area contributed by atoms with Gasteiger partial charge < -0.3 is 46.8 Å². The summed E-state index contributed by atoms with van der Waals surface area (Å²) in [4.78, 5) is 93.9. The second-order valence-corrected chi connectivity index (χ2v) is 13.1. The van der Waals surface area contributed by atoms with E-state index in [1.54, 1.807) is 11.9 Å². The third kappa shape index (κ3) is 25.9.